The van der Waals surface area contributed by atoms with E-state index in [0.717, 1.165) is 12.1 Å². The van der Waals surface area contributed by atoms with Crippen molar-refractivity contribution in [2.45, 2.75) is 6.18 Å². The van der Waals surface area contributed by atoms with Crippen molar-refractivity contribution < 1.29 is 17.9 Å². The molecule has 1 radical (unpaired) electrons. The summed E-state index contributed by atoms with van der Waals surface area (Å²) in [6.45, 7) is 0. The quantitative estimate of drug-likeness (QED) is 0.756. The largest absolute Gasteiger partial charge is 0.457 e. The van der Waals surface area contributed by atoms with E-state index in [0.29, 0.717) is 5.75 Å². The van der Waals surface area contributed by atoms with Crippen molar-refractivity contribution in [1.82, 2.24) is 0 Å². The maximum atomic E-state index is 12.3. The molecule has 0 fully saturated rings. The molecule has 0 aromatic heterocycles. The number of hydrogen-bond donors (Lipinski definition) is 0. The van der Waals surface area contributed by atoms with Crippen molar-refractivity contribution in [3.05, 3.63) is 60.2 Å². The van der Waals surface area contributed by atoms with Gasteiger partial charge in [0.05, 0.1) is 5.56 Å². The van der Waals surface area contributed by atoms with Crippen LogP contribution in [0.1, 0.15) is 5.56 Å². The van der Waals surface area contributed by atoms with Crippen LogP contribution < -0.4 is 4.74 Å². The topological polar surface area (TPSA) is 9.23 Å². The molecule has 0 heterocycles. The van der Waals surface area contributed by atoms with E-state index in [-0.39, 0.29) is 5.75 Å². The van der Waals surface area contributed by atoms with Crippen LogP contribution in [-0.4, -0.2) is 0 Å². The second kappa shape index (κ2) is 4.49. The van der Waals surface area contributed by atoms with Crippen LogP contribution in [0.4, 0.5) is 13.2 Å². The summed E-state index contributed by atoms with van der Waals surface area (Å²) in [5, 5.41) is 0. The summed E-state index contributed by atoms with van der Waals surface area (Å²) in [5.41, 5.74) is -0.738. The molecule has 0 saturated heterocycles. The summed E-state index contributed by atoms with van der Waals surface area (Å²) in [4.78, 5) is 0. The number of alkyl halides is 3. The number of halogens is 3. The van der Waals surface area contributed by atoms with Gasteiger partial charge >= 0.3 is 6.18 Å². The maximum absolute atomic E-state index is 12.3. The lowest BCUT2D eigenvalue weighted by Gasteiger charge is -2.08. The van der Waals surface area contributed by atoms with Gasteiger partial charge in [-0.2, -0.15) is 13.2 Å². The molecule has 0 aliphatic rings. The van der Waals surface area contributed by atoms with Crippen LogP contribution in [0, 0.1) is 6.07 Å². The Bertz CT molecular complexity index is 474. The Labute approximate surface area is 96.5 Å². The lowest BCUT2D eigenvalue weighted by atomic mass is 10.2. The fraction of sp³-hybridized carbons (Fsp3) is 0.0769. The predicted molar refractivity (Wildman–Crippen MR) is 56.8 cm³/mol. The fourth-order valence-corrected chi connectivity index (χ4v) is 1.27. The molecule has 0 N–H and O–H groups in total. The molecule has 2 rings (SSSR count). The van der Waals surface area contributed by atoms with Gasteiger partial charge in [-0.15, -0.1) is 0 Å². The van der Waals surface area contributed by atoms with Gasteiger partial charge < -0.3 is 4.74 Å². The zero-order valence-corrected chi connectivity index (χ0v) is 8.66. The zero-order valence-electron chi connectivity index (χ0n) is 8.66. The zero-order chi connectivity index (χ0) is 12.3. The van der Waals surface area contributed by atoms with Crippen LogP contribution >= 0.6 is 0 Å². The molecule has 1 nitrogen and oxygen atoms in total. The highest BCUT2D eigenvalue weighted by molar-refractivity contribution is 5.32. The van der Waals surface area contributed by atoms with Crippen molar-refractivity contribution >= 4 is 0 Å². The van der Waals surface area contributed by atoms with Crippen LogP contribution in [0.2, 0.25) is 0 Å². The van der Waals surface area contributed by atoms with Gasteiger partial charge in [0.25, 0.3) is 0 Å². The fourth-order valence-electron chi connectivity index (χ4n) is 1.27. The summed E-state index contributed by atoms with van der Waals surface area (Å²) in [6, 6.07) is 14.3. The Morgan fingerprint density at radius 2 is 1.65 bits per heavy atom. The minimum Gasteiger partial charge on any atom is -0.457 e. The van der Waals surface area contributed by atoms with E-state index in [1.165, 1.54) is 6.07 Å². The number of ether oxygens (including phenoxy) is 1. The van der Waals surface area contributed by atoms with Gasteiger partial charge in [0, 0.05) is 6.07 Å². The lowest BCUT2D eigenvalue weighted by molar-refractivity contribution is -0.137. The molecule has 2 aromatic rings. The maximum Gasteiger partial charge on any atom is 0.416 e. The van der Waals surface area contributed by atoms with Crippen LogP contribution in [-0.2, 0) is 6.18 Å². The third kappa shape index (κ3) is 3.00. The van der Waals surface area contributed by atoms with Gasteiger partial charge in [0.15, 0.2) is 0 Å². The molecular formula is C13H8F3O. The Balaban J connectivity index is 2.14. The Morgan fingerprint density at radius 3 is 2.18 bits per heavy atom. The molecule has 4 heteroatoms. The van der Waals surface area contributed by atoms with E-state index < -0.39 is 11.7 Å². The molecular weight excluding hydrogens is 229 g/mol. The average Bonchev–Trinajstić information content (AvgIpc) is 2.30. The van der Waals surface area contributed by atoms with Gasteiger partial charge in [-0.05, 0) is 30.3 Å². The normalized spacial score (nSPS) is 11.2. The van der Waals surface area contributed by atoms with Gasteiger partial charge in [-0.1, -0.05) is 18.2 Å². The highest BCUT2D eigenvalue weighted by Gasteiger charge is 2.30. The van der Waals surface area contributed by atoms with E-state index in [1.807, 2.05) is 6.07 Å². The number of hydrogen-bond acceptors (Lipinski definition) is 1. The summed E-state index contributed by atoms with van der Waals surface area (Å²) in [7, 11) is 0. The van der Waals surface area contributed by atoms with Crippen LogP contribution in [0.3, 0.4) is 0 Å². The van der Waals surface area contributed by atoms with E-state index in [1.54, 1.807) is 24.3 Å². The smallest absolute Gasteiger partial charge is 0.416 e. The standard InChI is InChI=1S/C13H8F3O/c14-13(15,16)10-6-8-12(9-7-10)17-11-4-2-1-3-5-11/h1-8H. The van der Waals surface area contributed by atoms with E-state index in [4.69, 9.17) is 4.74 Å². The Kier molecular flexibility index (Phi) is 3.04. The molecule has 0 amide bonds. The van der Waals surface area contributed by atoms with Crippen LogP contribution in [0.5, 0.6) is 11.5 Å². The first kappa shape index (κ1) is 11.5. The molecule has 0 atom stereocenters. The lowest BCUT2D eigenvalue weighted by Crippen LogP contribution is -2.04. The second-order valence-corrected chi connectivity index (χ2v) is 3.35. The number of rotatable bonds is 2. The van der Waals surface area contributed by atoms with E-state index >= 15 is 0 Å². The van der Waals surface area contributed by atoms with Gasteiger partial charge in [-0.3, -0.25) is 0 Å². The summed E-state index contributed by atoms with van der Waals surface area (Å²) in [6.07, 6.45) is -4.35. The summed E-state index contributed by atoms with van der Waals surface area (Å²) >= 11 is 0. The predicted octanol–water partition coefficient (Wildman–Crippen LogP) is 4.30. The molecule has 0 aliphatic carbocycles. The number of para-hydroxylation sites is 1. The van der Waals surface area contributed by atoms with Crippen molar-refractivity contribution in [2.75, 3.05) is 0 Å². The van der Waals surface area contributed by atoms with Crippen LogP contribution in [0.25, 0.3) is 0 Å². The molecule has 0 bridgehead atoms. The minimum atomic E-state index is -4.35. The molecule has 17 heavy (non-hydrogen) atoms. The summed E-state index contributed by atoms with van der Waals surface area (Å²) in [5.74, 6) is 0.813. The van der Waals surface area contributed by atoms with Crippen molar-refractivity contribution in [1.29, 1.82) is 0 Å². The average molecular weight is 237 g/mol. The van der Waals surface area contributed by atoms with Crippen molar-refractivity contribution in [3.63, 3.8) is 0 Å². The Morgan fingerprint density at radius 1 is 0.941 bits per heavy atom. The van der Waals surface area contributed by atoms with Gasteiger partial charge in [-0.25, -0.2) is 0 Å². The SMILES string of the molecule is FC(F)(F)c1c[c]c(Oc2ccccc2)cc1. The molecule has 0 aliphatic heterocycles. The van der Waals surface area contributed by atoms with Gasteiger partial charge in [0.1, 0.15) is 11.5 Å². The molecule has 0 unspecified atom stereocenters. The van der Waals surface area contributed by atoms with Crippen molar-refractivity contribution in [3.8, 4) is 11.5 Å². The monoisotopic (exact) mass is 237 g/mol. The molecule has 0 spiro atoms. The van der Waals surface area contributed by atoms with Gasteiger partial charge in [0.2, 0.25) is 0 Å². The molecule has 0 saturated carbocycles. The highest BCUT2D eigenvalue weighted by atomic mass is 19.4. The second-order valence-electron chi connectivity index (χ2n) is 3.35. The number of benzene rings is 2. The summed E-state index contributed by atoms with van der Waals surface area (Å²) < 4.78 is 42.2. The highest BCUT2D eigenvalue weighted by Crippen LogP contribution is 2.30. The van der Waals surface area contributed by atoms with Crippen LogP contribution in [0.15, 0.2) is 48.5 Å². The minimum absolute atomic E-state index is 0.254. The third-order valence-corrected chi connectivity index (χ3v) is 2.08. The molecule has 2 aromatic carbocycles. The first-order valence-electron chi connectivity index (χ1n) is 4.87. The third-order valence-electron chi connectivity index (χ3n) is 2.08. The van der Waals surface area contributed by atoms with Crippen molar-refractivity contribution in [2.24, 2.45) is 0 Å². The first-order valence-corrected chi connectivity index (χ1v) is 4.87. The molecule has 87 valence electrons. The van der Waals surface area contributed by atoms with E-state index in [2.05, 4.69) is 6.07 Å². The first-order chi connectivity index (χ1) is 8.05. The van der Waals surface area contributed by atoms with E-state index in [9.17, 15) is 13.2 Å². The Hall–Kier alpha value is -1.97.